The molecule has 0 saturated heterocycles. The second kappa shape index (κ2) is 3.61. The second-order valence-electron chi connectivity index (χ2n) is 4.86. The molecule has 0 amide bonds. The Hall–Kier alpha value is -1.28. The van der Waals surface area contributed by atoms with Crippen LogP contribution in [0.3, 0.4) is 0 Å². The van der Waals surface area contributed by atoms with Gasteiger partial charge in [0.2, 0.25) is 0 Å². The molecular formula is C15H13BrO. The fourth-order valence-corrected chi connectivity index (χ4v) is 2.77. The number of rotatable bonds is 0. The van der Waals surface area contributed by atoms with Crippen LogP contribution in [0.2, 0.25) is 0 Å². The first-order valence-electron chi connectivity index (χ1n) is 5.66. The molecule has 17 heavy (non-hydrogen) atoms. The van der Waals surface area contributed by atoms with E-state index in [2.05, 4.69) is 54.0 Å². The van der Waals surface area contributed by atoms with Gasteiger partial charge in [0.15, 0.2) is 0 Å². The lowest BCUT2D eigenvalue weighted by Gasteiger charge is -2.34. The van der Waals surface area contributed by atoms with Gasteiger partial charge < -0.3 is 4.74 Å². The van der Waals surface area contributed by atoms with E-state index in [-0.39, 0.29) is 5.41 Å². The lowest BCUT2D eigenvalue weighted by atomic mass is 9.76. The molecule has 2 aromatic carbocycles. The Balaban J connectivity index is 2.26. The molecule has 0 unspecified atom stereocenters. The summed E-state index contributed by atoms with van der Waals surface area (Å²) in [6.45, 7) is 4.47. The smallest absolute Gasteiger partial charge is 0.132 e. The molecule has 0 bridgehead atoms. The number of ether oxygens (including phenoxy) is 1. The van der Waals surface area contributed by atoms with E-state index in [0.717, 1.165) is 16.0 Å². The molecule has 2 aromatic rings. The molecule has 86 valence electrons. The van der Waals surface area contributed by atoms with E-state index in [9.17, 15) is 0 Å². The zero-order valence-corrected chi connectivity index (χ0v) is 11.4. The van der Waals surface area contributed by atoms with Crippen LogP contribution in [0, 0.1) is 0 Å². The number of para-hydroxylation sites is 1. The van der Waals surface area contributed by atoms with Crippen molar-refractivity contribution in [2.75, 3.05) is 0 Å². The topological polar surface area (TPSA) is 9.23 Å². The van der Waals surface area contributed by atoms with Gasteiger partial charge in [-0.25, -0.2) is 0 Å². The summed E-state index contributed by atoms with van der Waals surface area (Å²) in [4.78, 5) is 0. The quantitative estimate of drug-likeness (QED) is 0.671. The molecule has 0 aromatic heterocycles. The van der Waals surface area contributed by atoms with Crippen molar-refractivity contribution in [1.82, 2.24) is 0 Å². The van der Waals surface area contributed by atoms with Gasteiger partial charge in [-0.1, -0.05) is 54.0 Å². The molecule has 0 N–H and O–H groups in total. The first-order valence-corrected chi connectivity index (χ1v) is 6.46. The molecule has 3 rings (SSSR count). The molecule has 1 nitrogen and oxygen atoms in total. The largest absolute Gasteiger partial charge is 0.457 e. The fourth-order valence-electron chi connectivity index (χ4n) is 2.43. The van der Waals surface area contributed by atoms with Crippen LogP contribution in [-0.4, -0.2) is 0 Å². The Morgan fingerprint density at radius 1 is 0.941 bits per heavy atom. The first kappa shape index (κ1) is 10.8. The Labute approximate surface area is 110 Å². The van der Waals surface area contributed by atoms with Crippen LogP contribution in [-0.2, 0) is 5.41 Å². The van der Waals surface area contributed by atoms with Crippen molar-refractivity contribution in [2.24, 2.45) is 0 Å². The van der Waals surface area contributed by atoms with E-state index >= 15 is 0 Å². The van der Waals surface area contributed by atoms with Crippen LogP contribution >= 0.6 is 15.9 Å². The highest BCUT2D eigenvalue weighted by Gasteiger charge is 2.33. The fraction of sp³-hybridized carbons (Fsp3) is 0.200. The highest BCUT2D eigenvalue weighted by molar-refractivity contribution is 9.10. The Morgan fingerprint density at radius 3 is 2.47 bits per heavy atom. The maximum absolute atomic E-state index is 5.96. The van der Waals surface area contributed by atoms with E-state index in [1.807, 2.05) is 18.2 Å². The average molecular weight is 289 g/mol. The summed E-state index contributed by atoms with van der Waals surface area (Å²) < 4.78 is 7.01. The van der Waals surface area contributed by atoms with Crippen LogP contribution in [0.4, 0.5) is 0 Å². The van der Waals surface area contributed by atoms with Crippen LogP contribution in [0.25, 0.3) is 0 Å². The molecule has 0 radical (unpaired) electrons. The van der Waals surface area contributed by atoms with Gasteiger partial charge in [-0.3, -0.25) is 0 Å². The van der Waals surface area contributed by atoms with Crippen molar-refractivity contribution in [3.05, 3.63) is 58.1 Å². The number of halogens is 1. The van der Waals surface area contributed by atoms with Gasteiger partial charge in [0, 0.05) is 21.0 Å². The Kier molecular flexibility index (Phi) is 2.30. The van der Waals surface area contributed by atoms with Crippen LogP contribution < -0.4 is 4.74 Å². The van der Waals surface area contributed by atoms with Crippen LogP contribution in [0.5, 0.6) is 11.5 Å². The summed E-state index contributed by atoms with van der Waals surface area (Å²) in [7, 11) is 0. The van der Waals surface area contributed by atoms with Crippen molar-refractivity contribution >= 4 is 15.9 Å². The lowest BCUT2D eigenvalue weighted by molar-refractivity contribution is 0.417. The summed E-state index contributed by atoms with van der Waals surface area (Å²) in [6, 6.07) is 14.5. The molecule has 2 heteroatoms. The predicted molar refractivity (Wildman–Crippen MR) is 72.8 cm³/mol. The molecule has 0 fully saturated rings. The minimum Gasteiger partial charge on any atom is -0.457 e. The van der Waals surface area contributed by atoms with Crippen LogP contribution in [0.15, 0.2) is 46.9 Å². The van der Waals surface area contributed by atoms with Crippen molar-refractivity contribution in [2.45, 2.75) is 19.3 Å². The van der Waals surface area contributed by atoms with E-state index < -0.39 is 0 Å². The standard InChI is InChI=1S/C15H13BrO/c1-15(2)11-5-3-4-6-13(11)17-14-9-10(16)7-8-12(14)15/h3-9H,1-2H3. The Bertz CT molecular complexity index is 587. The summed E-state index contributed by atoms with van der Waals surface area (Å²) in [5, 5.41) is 0. The van der Waals surface area contributed by atoms with Gasteiger partial charge >= 0.3 is 0 Å². The number of hydrogen-bond acceptors (Lipinski definition) is 1. The first-order chi connectivity index (χ1) is 8.09. The maximum Gasteiger partial charge on any atom is 0.132 e. The molecule has 0 aliphatic carbocycles. The third kappa shape index (κ3) is 1.59. The molecular weight excluding hydrogens is 276 g/mol. The summed E-state index contributed by atoms with van der Waals surface area (Å²) >= 11 is 3.49. The van der Waals surface area contributed by atoms with Gasteiger partial charge in [-0.05, 0) is 18.2 Å². The highest BCUT2D eigenvalue weighted by Crippen LogP contribution is 2.48. The normalized spacial score (nSPS) is 15.7. The van der Waals surface area contributed by atoms with Crippen molar-refractivity contribution in [3.8, 4) is 11.5 Å². The second-order valence-corrected chi connectivity index (χ2v) is 5.78. The Morgan fingerprint density at radius 2 is 1.65 bits per heavy atom. The molecule has 1 aliphatic heterocycles. The van der Waals surface area contributed by atoms with Crippen molar-refractivity contribution in [3.63, 3.8) is 0 Å². The van der Waals surface area contributed by atoms with E-state index in [1.165, 1.54) is 11.1 Å². The third-order valence-corrected chi connectivity index (χ3v) is 3.89. The molecule has 0 atom stereocenters. The molecule has 0 saturated carbocycles. The minimum absolute atomic E-state index is 0.00905. The third-order valence-electron chi connectivity index (χ3n) is 3.40. The van der Waals surface area contributed by atoms with Gasteiger partial charge in [0.25, 0.3) is 0 Å². The van der Waals surface area contributed by atoms with Crippen molar-refractivity contribution < 1.29 is 4.74 Å². The predicted octanol–water partition coefficient (Wildman–Crippen LogP) is 4.88. The van der Waals surface area contributed by atoms with Gasteiger partial charge in [0.1, 0.15) is 11.5 Å². The average Bonchev–Trinajstić information content (AvgIpc) is 2.28. The van der Waals surface area contributed by atoms with Crippen LogP contribution in [0.1, 0.15) is 25.0 Å². The molecule has 1 aliphatic rings. The summed E-state index contributed by atoms with van der Waals surface area (Å²) in [5.41, 5.74) is 2.47. The van der Waals surface area contributed by atoms with Gasteiger partial charge in [0.05, 0.1) is 0 Å². The zero-order valence-electron chi connectivity index (χ0n) is 9.83. The molecule has 1 heterocycles. The zero-order chi connectivity index (χ0) is 12.0. The molecule has 0 spiro atoms. The highest BCUT2D eigenvalue weighted by atomic mass is 79.9. The maximum atomic E-state index is 5.96. The number of hydrogen-bond donors (Lipinski definition) is 0. The number of benzene rings is 2. The van der Waals surface area contributed by atoms with Gasteiger partial charge in [-0.15, -0.1) is 0 Å². The monoisotopic (exact) mass is 288 g/mol. The summed E-state index contributed by atoms with van der Waals surface area (Å²) in [5.74, 6) is 1.91. The van der Waals surface area contributed by atoms with E-state index in [1.54, 1.807) is 0 Å². The van der Waals surface area contributed by atoms with E-state index in [4.69, 9.17) is 4.74 Å². The lowest BCUT2D eigenvalue weighted by Crippen LogP contribution is -2.24. The van der Waals surface area contributed by atoms with E-state index in [0.29, 0.717) is 0 Å². The SMILES string of the molecule is CC1(C)c2ccccc2Oc2cc(Br)ccc21. The summed E-state index contributed by atoms with van der Waals surface area (Å²) in [6.07, 6.45) is 0. The minimum atomic E-state index is -0.00905. The number of fused-ring (bicyclic) bond motifs is 2. The van der Waals surface area contributed by atoms with Crippen molar-refractivity contribution in [1.29, 1.82) is 0 Å². The van der Waals surface area contributed by atoms with Gasteiger partial charge in [-0.2, -0.15) is 0 Å².